The van der Waals surface area contributed by atoms with Gasteiger partial charge in [0.15, 0.2) is 0 Å². The molecule has 0 bridgehead atoms. The molecule has 0 aromatic carbocycles. The number of carbonyl (C=O) groups is 1. The lowest BCUT2D eigenvalue weighted by atomic mass is 10.2. The van der Waals surface area contributed by atoms with Crippen molar-refractivity contribution < 1.29 is 19.4 Å². The maximum atomic E-state index is 10.9. The molecule has 0 aliphatic carbocycles. The third-order valence-electron chi connectivity index (χ3n) is 1.88. The minimum Gasteiger partial charge on any atom is -0.480 e. The molecule has 0 aromatic heterocycles. The Kier molecular flexibility index (Phi) is 7.34. The lowest BCUT2D eigenvalue weighted by molar-refractivity contribution is -0.141. The summed E-state index contributed by atoms with van der Waals surface area (Å²) in [5.41, 5.74) is -0.189. The van der Waals surface area contributed by atoms with Crippen LogP contribution in [0, 0.1) is 0 Å². The summed E-state index contributed by atoms with van der Waals surface area (Å²) in [4.78, 5) is 10.9. The van der Waals surface area contributed by atoms with Crippen molar-refractivity contribution in [2.45, 2.75) is 52.3 Å². The smallest absolute Gasteiger partial charge is 0.323 e. The average Bonchev–Trinajstić information content (AvgIpc) is 2.12. The number of carboxylic acids is 1. The summed E-state index contributed by atoms with van der Waals surface area (Å²) in [6.45, 7) is 10.7. The van der Waals surface area contributed by atoms with Crippen LogP contribution >= 0.6 is 0 Å². The SMILES string of the molecule is CC(C)NC(COCCOC(C)(C)C)C(=O)O. The van der Waals surface area contributed by atoms with E-state index in [0.717, 1.165) is 0 Å². The van der Waals surface area contributed by atoms with Gasteiger partial charge in [-0.1, -0.05) is 13.8 Å². The lowest BCUT2D eigenvalue weighted by Crippen LogP contribution is -2.44. The Morgan fingerprint density at radius 1 is 1.29 bits per heavy atom. The summed E-state index contributed by atoms with van der Waals surface area (Å²) < 4.78 is 10.7. The average molecular weight is 247 g/mol. The van der Waals surface area contributed by atoms with E-state index >= 15 is 0 Å². The Bertz CT molecular complexity index is 223. The maximum absolute atomic E-state index is 10.9. The zero-order chi connectivity index (χ0) is 13.5. The van der Waals surface area contributed by atoms with Crippen molar-refractivity contribution in [1.29, 1.82) is 0 Å². The zero-order valence-electron chi connectivity index (χ0n) is 11.4. The molecule has 0 spiro atoms. The number of carboxylic acid groups (broad SMARTS) is 1. The molecule has 0 heterocycles. The highest BCUT2D eigenvalue weighted by atomic mass is 16.5. The molecule has 5 heteroatoms. The van der Waals surface area contributed by atoms with Crippen LogP contribution in [-0.4, -0.2) is 48.6 Å². The van der Waals surface area contributed by atoms with Crippen LogP contribution in [0.5, 0.6) is 0 Å². The minimum absolute atomic E-state index is 0.116. The number of hydrogen-bond acceptors (Lipinski definition) is 4. The topological polar surface area (TPSA) is 67.8 Å². The minimum atomic E-state index is -0.893. The van der Waals surface area contributed by atoms with Gasteiger partial charge in [0.05, 0.1) is 25.4 Å². The van der Waals surface area contributed by atoms with Gasteiger partial charge in [0.1, 0.15) is 6.04 Å². The van der Waals surface area contributed by atoms with Crippen LogP contribution in [0.1, 0.15) is 34.6 Å². The van der Waals surface area contributed by atoms with Crippen LogP contribution < -0.4 is 5.32 Å². The van der Waals surface area contributed by atoms with Gasteiger partial charge in [0.2, 0.25) is 0 Å². The van der Waals surface area contributed by atoms with Gasteiger partial charge in [-0.2, -0.15) is 0 Å². The quantitative estimate of drug-likeness (QED) is 0.632. The normalized spacial score (nSPS) is 14.0. The summed E-state index contributed by atoms with van der Waals surface area (Å²) in [6, 6.07) is -0.546. The fourth-order valence-electron chi connectivity index (χ4n) is 1.20. The second-order valence-electron chi connectivity index (χ2n) is 5.25. The largest absolute Gasteiger partial charge is 0.480 e. The van der Waals surface area contributed by atoms with Crippen LogP contribution in [-0.2, 0) is 14.3 Å². The Hall–Kier alpha value is -0.650. The number of hydrogen-bond donors (Lipinski definition) is 2. The van der Waals surface area contributed by atoms with Gasteiger partial charge in [-0.3, -0.25) is 4.79 Å². The van der Waals surface area contributed by atoms with Crippen molar-refractivity contribution in [2.24, 2.45) is 0 Å². The van der Waals surface area contributed by atoms with Gasteiger partial charge in [-0.25, -0.2) is 0 Å². The fourth-order valence-corrected chi connectivity index (χ4v) is 1.20. The van der Waals surface area contributed by atoms with Crippen LogP contribution in [0.15, 0.2) is 0 Å². The summed E-state index contributed by atoms with van der Waals surface area (Å²) >= 11 is 0. The van der Waals surface area contributed by atoms with Crippen LogP contribution in [0.25, 0.3) is 0 Å². The second kappa shape index (κ2) is 7.63. The van der Waals surface area contributed by atoms with E-state index in [1.807, 2.05) is 34.6 Å². The number of aliphatic carboxylic acids is 1. The van der Waals surface area contributed by atoms with E-state index in [-0.39, 0.29) is 18.2 Å². The predicted molar refractivity (Wildman–Crippen MR) is 66.2 cm³/mol. The fraction of sp³-hybridized carbons (Fsp3) is 0.917. The molecule has 5 nitrogen and oxygen atoms in total. The Balaban J connectivity index is 3.72. The number of ether oxygens (including phenoxy) is 2. The van der Waals surface area contributed by atoms with Gasteiger partial charge < -0.3 is 19.9 Å². The molecule has 0 aliphatic rings. The van der Waals surface area contributed by atoms with E-state index in [0.29, 0.717) is 13.2 Å². The summed E-state index contributed by atoms with van der Waals surface area (Å²) in [5.74, 6) is -0.893. The highest BCUT2D eigenvalue weighted by Gasteiger charge is 2.18. The first kappa shape index (κ1) is 16.4. The van der Waals surface area contributed by atoms with Crippen molar-refractivity contribution in [3.8, 4) is 0 Å². The zero-order valence-corrected chi connectivity index (χ0v) is 11.4. The predicted octanol–water partition coefficient (Wildman–Crippen LogP) is 1.27. The van der Waals surface area contributed by atoms with Crippen molar-refractivity contribution in [3.63, 3.8) is 0 Å². The van der Waals surface area contributed by atoms with E-state index in [4.69, 9.17) is 14.6 Å². The van der Waals surface area contributed by atoms with Gasteiger partial charge >= 0.3 is 5.97 Å². The molecule has 0 rings (SSSR count). The van der Waals surface area contributed by atoms with E-state index in [1.165, 1.54) is 0 Å². The summed E-state index contributed by atoms with van der Waals surface area (Å²) in [6.07, 6.45) is 0. The third kappa shape index (κ3) is 10.2. The van der Waals surface area contributed by atoms with Gasteiger partial charge in [-0.05, 0) is 20.8 Å². The van der Waals surface area contributed by atoms with Gasteiger partial charge in [-0.15, -0.1) is 0 Å². The Labute approximate surface area is 103 Å². The molecule has 0 saturated heterocycles. The van der Waals surface area contributed by atoms with E-state index < -0.39 is 12.0 Å². The van der Waals surface area contributed by atoms with Crippen molar-refractivity contribution in [2.75, 3.05) is 19.8 Å². The lowest BCUT2D eigenvalue weighted by Gasteiger charge is -2.20. The molecular weight excluding hydrogens is 222 g/mol. The first-order valence-corrected chi connectivity index (χ1v) is 5.93. The highest BCUT2D eigenvalue weighted by Crippen LogP contribution is 2.05. The molecule has 0 fully saturated rings. The van der Waals surface area contributed by atoms with Gasteiger partial charge in [0, 0.05) is 6.04 Å². The highest BCUT2D eigenvalue weighted by molar-refractivity contribution is 5.73. The Morgan fingerprint density at radius 2 is 1.88 bits per heavy atom. The molecule has 0 amide bonds. The molecule has 0 radical (unpaired) electrons. The van der Waals surface area contributed by atoms with Crippen molar-refractivity contribution in [3.05, 3.63) is 0 Å². The molecule has 2 N–H and O–H groups in total. The van der Waals surface area contributed by atoms with Gasteiger partial charge in [0.25, 0.3) is 0 Å². The van der Waals surface area contributed by atoms with Crippen LogP contribution in [0.4, 0.5) is 0 Å². The maximum Gasteiger partial charge on any atom is 0.323 e. The van der Waals surface area contributed by atoms with E-state index in [1.54, 1.807) is 0 Å². The molecular formula is C12H25NO4. The first-order chi connectivity index (χ1) is 7.72. The molecule has 0 aromatic rings. The molecule has 1 unspecified atom stereocenters. The molecule has 0 saturated carbocycles. The van der Waals surface area contributed by atoms with Crippen LogP contribution in [0.2, 0.25) is 0 Å². The third-order valence-corrected chi connectivity index (χ3v) is 1.88. The molecule has 102 valence electrons. The van der Waals surface area contributed by atoms with E-state index in [2.05, 4.69) is 5.32 Å². The van der Waals surface area contributed by atoms with E-state index in [9.17, 15) is 4.79 Å². The first-order valence-electron chi connectivity index (χ1n) is 5.93. The Morgan fingerprint density at radius 3 is 2.29 bits per heavy atom. The van der Waals surface area contributed by atoms with Crippen molar-refractivity contribution in [1.82, 2.24) is 5.32 Å². The second-order valence-corrected chi connectivity index (χ2v) is 5.25. The van der Waals surface area contributed by atoms with Crippen LogP contribution in [0.3, 0.4) is 0 Å². The molecule has 0 aliphatic heterocycles. The number of nitrogens with one attached hydrogen (secondary N) is 1. The molecule has 1 atom stereocenters. The standard InChI is InChI=1S/C12H25NO4/c1-9(2)13-10(11(14)15)8-16-6-7-17-12(3,4)5/h9-10,13H,6-8H2,1-5H3,(H,14,15). The monoisotopic (exact) mass is 247 g/mol. The summed E-state index contributed by atoms with van der Waals surface area (Å²) in [5, 5.41) is 11.9. The number of rotatable bonds is 8. The summed E-state index contributed by atoms with van der Waals surface area (Å²) in [7, 11) is 0. The molecule has 17 heavy (non-hydrogen) atoms. The van der Waals surface area contributed by atoms with Crippen molar-refractivity contribution >= 4 is 5.97 Å².